The second-order valence-electron chi connectivity index (χ2n) is 5.19. The number of nitrogens with one attached hydrogen (secondary N) is 1. The van der Waals surface area contributed by atoms with E-state index in [4.69, 9.17) is 0 Å². The molecule has 1 aliphatic heterocycles. The Kier molecular flexibility index (Phi) is 3.93. The molecule has 0 bridgehead atoms. The minimum Gasteiger partial charge on any atom is -0.333 e. The molecule has 1 N–H and O–H groups in total. The van der Waals surface area contributed by atoms with Crippen molar-refractivity contribution in [2.24, 2.45) is 0 Å². The van der Waals surface area contributed by atoms with Gasteiger partial charge in [0, 0.05) is 29.1 Å². The summed E-state index contributed by atoms with van der Waals surface area (Å²) in [7, 11) is 0. The van der Waals surface area contributed by atoms with Crippen LogP contribution in [0.4, 0.5) is 4.79 Å². The number of amides is 2. The molecule has 15 heavy (non-hydrogen) atoms. The second kappa shape index (κ2) is 4.64. The lowest BCUT2D eigenvalue weighted by Crippen LogP contribution is -2.55. The zero-order chi connectivity index (χ0) is 11.6. The third-order valence-corrected chi connectivity index (χ3v) is 3.96. The van der Waals surface area contributed by atoms with Crippen molar-refractivity contribution in [1.82, 2.24) is 10.2 Å². The molecule has 1 aliphatic rings. The molecule has 4 heteroatoms. The predicted octanol–water partition coefficient (Wildman–Crippen LogP) is 2.32. The fraction of sp³-hybridized carbons (Fsp3) is 0.909. The largest absolute Gasteiger partial charge is 0.333 e. The Labute approximate surface area is 97.0 Å². The Hall–Kier alpha value is -0.380. The van der Waals surface area contributed by atoms with Gasteiger partial charge in [-0.2, -0.15) is 11.8 Å². The van der Waals surface area contributed by atoms with Gasteiger partial charge in [-0.3, -0.25) is 0 Å². The van der Waals surface area contributed by atoms with Gasteiger partial charge in [0.05, 0.1) is 0 Å². The van der Waals surface area contributed by atoms with E-state index < -0.39 is 0 Å². The summed E-state index contributed by atoms with van der Waals surface area (Å²) in [6.07, 6.45) is 0. The van der Waals surface area contributed by atoms with Gasteiger partial charge in [0.25, 0.3) is 0 Å². The number of rotatable bonds is 0. The molecule has 1 fully saturated rings. The Balaban J connectivity index is 2.59. The SMILES string of the molecule is CC1SCCN(C(=O)NC(C)(C)C)C1C. The van der Waals surface area contributed by atoms with Gasteiger partial charge in [-0.05, 0) is 27.7 Å². The van der Waals surface area contributed by atoms with E-state index in [0.717, 1.165) is 12.3 Å². The van der Waals surface area contributed by atoms with Gasteiger partial charge >= 0.3 is 6.03 Å². The molecule has 0 radical (unpaired) electrons. The molecule has 3 nitrogen and oxygen atoms in total. The maximum Gasteiger partial charge on any atom is 0.318 e. The van der Waals surface area contributed by atoms with Crippen LogP contribution in [0.5, 0.6) is 0 Å². The van der Waals surface area contributed by atoms with Gasteiger partial charge in [-0.1, -0.05) is 6.92 Å². The number of hydrogen-bond acceptors (Lipinski definition) is 2. The lowest BCUT2D eigenvalue weighted by Gasteiger charge is -2.39. The topological polar surface area (TPSA) is 32.3 Å². The summed E-state index contributed by atoms with van der Waals surface area (Å²) in [5.74, 6) is 1.04. The van der Waals surface area contributed by atoms with Crippen LogP contribution in [0.2, 0.25) is 0 Å². The Morgan fingerprint density at radius 2 is 2.00 bits per heavy atom. The summed E-state index contributed by atoms with van der Waals surface area (Å²) in [4.78, 5) is 13.9. The molecule has 0 aromatic heterocycles. The molecule has 2 unspecified atom stereocenters. The van der Waals surface area contributed by atoms with Crippen molar-refractivity contribution in [3.05, 3.63) is 0 Å². The summed E-state index contributed by atoms with van der Waals surface area (Å²) < 4.78 is 0. The van der Waals surface area contributed by atoms with Gasteiger partial charge < -0.3 is 10.2 Å². The van der Waals surface area contributed by atoms with Gasteiger partial charge in [-0.15, -0.1) is 0 Å². The highest BCUT2D eigenvalue weighted by molar-refractivity contribution is 8.00. The van der Waals surface area contributed by atoms with Gasteiger partial charge in [0.2, 0.25) is 0 Å². The maximum atomic E-state index is 12.0. The van der Waals surface area contributed by atoms with Gasteiger partial charge in [0.1, 0.15) is 0 Å². The van der Waals surface area contributed by atoms with E-state index in [1.807, 2.05) is 37.4 Å². The third-order valence-electron chi connectivity index (χ3n) is 2.63. The first kappa shape index (κ1) is 12.7. The molecule has 2 amide bonds. The van der Waals surface area contributed by atoms with E-state index in [2.05, 4.69) is 19.2 Å². The van der Waals surface area contributed by atoms with Crippen molar-refractivity contribution in [2.45, 2.75) is 51.4 Å². The number of nitrogens with zero attached hydrogens (tertiary/aromatic N) is 1. The van der Waals surface area contributed by atoms with Crippen LogP contribution in [-0.2, 0) is 0 Å². The molecule has 0 saturated carbocycles. The van der Waals surface area contributed by atoms with Crippen molar-refractivity contribution < 1.29 is 4.79 Å². The molecule has 0 spiro atoms. The molecule has 1 rings (SSSR count). The fourth-order valence-corrected chi connectivity index (χ4v) is 2.71. The highest BCUT2D eigenvalue weighted by Gasteiger charge is 2.30. The number of thioether (sulfide) groups is 1. The van der Waals surface area contributed by atoms with Crippen LogP contribution < -0.4 is 5.32 Å². The highest BCUT2D eigenvalue weighted by atomic mass is 32.2. The average molecular weight is 230 g/mol. The first-order valence-corrected chi connectivity index (χ1v) is 6.56. The molecule has 0 aromatic carbocycles. The van der Waals surface area contributed by atoms with Crippen molar-refractivity contribution in [2.75, 3.05) is 12.3 Å². The Morgan fingerprint density at radius 3 is 2.53 bits per heavy atom. The van der Waals surface area contributed by atoms with Crippen LogP contribution in [0.1, 0.15) is 34.6 Å². The molecule has 0 aromatic rings. The van der Waals surface area contributed by atoms with Crippen LogP contribution in [0.3, 0.4) is 0 Å². The van der Waals surface area contributed by atoms with Gasteiger partial charge in [0.15, 0.2) is 0 Å². The number of carbonyl (C=O) groups excluding carboxylic acids is 1. The van der Waals surface area contributed by atoms with Gasteiger partial charge in [-0.25, -0.2) is 4.79 Å². The third kappa shape index (κ3) is 3.59. The van der Waals surface area contributed by atoms with Crippen LogP contribution in [0, 0.1) is 0 Å². The second-order valence-corrected chi connectivity index (χ2v) is 6.68. The first-order chi connectivity index (χ1) is 6.81. The zero-order valence-electron chi connectivity index (χ0n) is 10.3. The summed E-state index contributed by atoms with van der Waals surface area (Å²) in [6, 6.07) is 0.397. The standard InChI is InChI=1S/C11H22N2OS/c1-8-9(2)15-7-6-13(8)10(14)12-11(3,4)5/h8-9H,6-7H2,1-5H3,(H,12,14). The van der Waals surface area contributed by atoms with Crippen molar-refractivity contribution in [3.8, 4) is 0 Å². The Bertz CT molecular complexity index is 237. The van der Waals surface area contributed by atoms with Crippen molar-refractivity contribution >= 4 is 17.8 Å². The summed E-state index contributed by atoms with van der Waals surface area (Å²) in [5, 5.41) is 3.55. The van der Waals surface area contributed by atoms with E-state index in [1.165, 1.54) is 0 Å². The van der Waals surface area contributed by atoms with E-state index >= 15 is 0 Å². The summed E-state index contributed by atoms with van der Waals surface area (Å²) in [6.45, 7) is 11.2. The van der Waals surface area contributed by atoms with Crippen molar-refractivity contribution in [3.63, 3.8) is 0 Å². The lowest BCUT2D eigenvalue weighted by atomic mass is 10.1. The summed E-state index contributed by atoms with van der Waals surface area (Å²) >= 11 is 1.94. The zero-order valence-corrected chi connectivity index (χ0v) is 11.1. The number of carbonyl (C=O) groups is 1. The quantitative estimate of drug-likeness (QED) is 0.692. The summed E-state index contributed by atoms with van der Waals surface area (Å²) in [5.41, 5.74) is -0.148. The molecule has 1 saturated heterocycles. The van der Waals surface area contributed by atoms with Crippen LogP contribution >= 0.6 is 11.8 Å². The normalized spacial score (nSPS) is 27.7. The first-order valence-electron chi connectivity index (χ1n) is 5.51. The monoisotopic (exact) mass is 230 g/mol. The minimum absolute atomic E-state index is 0.0714. The molecular formula is C11H22N2OS. The fourth-order valence-electron chi connectivity index (χ4n) is 1.61. The van der Waals surface area contributed by atoms with Crippen molar-refractivity contribution in [1.29, 1.82) is 0 Å². The van der Waals surface area contributed by atoms with E-state index in [0.29, 0.717) is 11.3 Å². The van der Waals surface area contributed by atoms with Crippen LogP contribution in [-0.4, -0.2) is 40.1 Å². The predicted molar refractivity (Wildman–Crippen MR) is 66.4 cm³/mol. The molecule has 2 atom stereocenters. The van der Waals surface area contributed by atoms with Crippen LogP contribution in [0.15, 0.2) is 0 Å². The average Bonchev–Trinajstić information content (AvgIpc) is 2.06. The van der Waals surface area contributed by atoms with E-state index in [-0.39, 0.29) is 11.6 Å². The number of urea groups is 1. The van der Waals surface area contributed by atoms with E-state index in [1.54, 1.807) is 0 Å². The molecule has 88 valence electrons. The molecule has 1 heterocycles. The highest BCUT2D eigenvalue weighted by Crippen LogP contribution is 2.24. The molecule has 0 aliphatic carbocycles. The molecular weight excluding hydrogens is 208 g/mol. The number of hydrogen-bond donors (Lipinski definition) is 1. The smallest absolute Gasteiger partial charge is 0.318 e. The van der Waals surface area contributed by atoms with Crippen LogP contribution in [0.25, 0.3) is 0 Å². The lowest BCUT2D eigenvalue weighted by molar-refractivity contribution is 0.172. The minimum atomic E-state index is -0.148. The van der Waals surface area contributed by atoms with E-state index in [9.17, 15) is 4.79 Å². The maximum absolute atomic E-state index is 12.0. The Morgan fingerprint density at radius 1 is 1.40 bits per heavy atom.